The minimum absolute atomic E-state index is 0.0143. The minimum atomic E-state index is -0.0143. The van der Waals surface area contributed by atoms with Gasteiger partial charge in [0.05, 0.1) is 35.9 Å². The summed E-state index contributed by atoms with van der Waals surface area (Å²) in [5, 5.41) is 19.0. The summed E-state index contributed by atoms with van der Waals surface area (Å²) < 4.78 is 7.25. The van der Waals surface area contributed by atoms with Gasteiger partial charge in [0, 0.05) is 17.4 Å². The summed E-state index contributed by atoms with van der Waals surface area (Å²) in [6.07, 6.45) is 0.694. The van der Waals surface area contributed by atoms with Crippen LogP contribution in [0, 0.1) is 13.8 Å². The first kappa shape index (κ1) is 23.1. The topological polar surface area (TPSA) is 68.4 Å². The first-order chi connectivity index (χ1) is 18.1. The molecule has 1 aliphatic rings. The van der Waals surface area contributed by atoms with E-state index in [1.807, 2.05) is 46.9 Å². The van der Waals surface area contributed by atoms with Crippen molar-refractivity contribution in [3.05, 3.63) is 107 Å². The van der Waals surface area contributed by atoms with Crippen LogP contribution in [0.4, 0.5) is 5.13 Å². The van der Waals surface area contributed by atoms with Crippen LogP contribution in [0.25, 0.3) is 16.9 Å². The van der Waals surface area contributed by atoms with Crippen molar-refractivity contribution in [3.63, 3.8) is 0 Å². The number of aromatic nitrogens is 4. The molecule has 7 nitrogen and oxygen atoms in total. The number of ether oxygens (including phenoxy) is 1. The number of hydrogen-bond donors (Lipinski definition) is 0. The Hall–Kier alpha value is -4.30. The zero-order valence-electron chi connectivity index (χ0n) is 20.9. The number of rotatable bonds is 6. The third-order valence-corrected chi connectivity index (χ3v) is 7.45. The van der Waals surface area contributed by atoms with Crippen LogP contribution in [0.2, 0.25) is 0 Å². The van der Waals surface area contributed by atoms with E-state index < -0.39 is 0 Å². The Kier molecular flexibility index (Phi) is 6.02. The molecule has 0 saturated heterocycles. The van der Waals surface area contributed by atoms with Crippen molar-refractivity contribution < 1.29 is 4.74 Å². The first-order valence-electron chi connectivity index (χ1n) is 12.1. The average Bonchev–Trinajstić information content (AvgIpc) is 3.68. The van der Waals surface area contributed by atoms with Crippen LogP contribution in [0.3, 0.4) is 0 Å². The highest BCUT2D eigenvalue weighted by Crippen LogP contribution is 2.40. The Labute approximate surface area is 219 Å². The maximum Gasteiger partial charge on any atom is 0.207 e. The number of hydrogen-bond acceptors (Lipinski definition) is 7. The van der Waals surface area contributed by atoms with Crippen molar-refractivity contribution in [2.45, 2.75) is 26.3 Å². The molecule has 6 rings (SSSR count). The molecule has 1 aliphatic heterocycles. The number of anilines is 1. The van der Waals surface area contributed by atoms with Crippen LogP contribution in [0.1, 0.15) is 35.0 Å². The van der Waals surface area contributed by atoms with Crippen molar-refractivity contribution in [1.29, 1.82) is 0 Å². The normalized spacial score (nSPS) is 15.2. The van der Waals surface area contributed by atoms with E-state index in [0.717, 1.165) is 50.5 Å². The monoisotopic (exact) mass is 506 g/mol. The van der Waals surface area contributed by atoms with E-state index >= 15 is 0 Å². The van der Waals surface area contributed by atoms with Crippen LogP contribution in [-0.2, 0) is 0 Å². The zero-order valence-corrected chi connectivity index (χ0v) is 21.7. The van der Waals surface area contributed by atoms with Crippen molar-refractivity contribution in [2.75, 3.05) is 12.1 Å². The minimum Gasteiger partial charge on any atom is -0.497 e. The molecule has 3 heterocycles. The fourth-order valence-electron chi connectivity index (χ4n) is 4.55. The quantitative estimate of drug-likeness (QED) is 0.268. The van der Waals surface area contributed by atoms with Crippen molar-refractivity contribution in [1.82, 2.24) is 20.0 Å². The molecule has 0 unspecified atom stereocenters. The van der Waals surface area contributed by atoms with Crippen LogP contribution >= 0.6 is 11.3 Å². The molecular formula is C29H26N6OS. The summed E-state index contributed by atoms with van der Waals surface area (Å²) in [6, 6.07) is 26.7. The van der Waals surface area contributed by atoms with E-state index in [9.17, 15) is 0 Å². The van der Waals surface area contributed by atoms with Crippen LogP contribution in [-0.4, -0.2) is 32.8 Å². The highest BCUT2D eigenvalue weighted by atomic mass is 32.1. The second kappa shape index (κ2) is 9.63. The van der Waals surface area contributed by atoms with E-state index in [4.69, 9.17) is 14.8 Å². The Morgan fingerprint density at radius 2 is 1.68 bits per heavy atom. The molecule has 1 atom stereocenters. The number of methoxy groups -OCH3 is 1. The summed E-state index contributed by atoms with van der Waals surface area (Å²) in [7, 11) is 1.68. The van der Waals surface area contributed by atoms with Crippen molar-refractivity contribution >= 4 is 22.2 Å². The van der Waals surface area contributed by atoms with Gasteiger partial charge in [-0.25, -0.2) is 14.7 Å². The highest BCUT2D eigenvalue weighted by Gasteiger charge is 2.34. The average molecular weight is 507 g/mol. The third-order valence-electron chi connectivity index (χ3n) is 6.62. The summed E-state index contributed by atoms with van der Waals surface area (Å²) in [4.78, 5) is 4.95. The first-order valence-corrected chi connectivity index (χ1v) is 13.0. The molecule has 0 saturated carbocycles. The zero-order chi connectivity index (χ0) is 25.4. The standard InChI is InChI=1S/C29H26N6OS/c1-19-9-13-23(14-10-19)34-20(2)28(31-33-34)25-17-27(22-11-15-24(36-3)16-12-22)35(32-25)29-30-26(18-37-29)21-7-5-4-6-8-21/h4-16,18,27H,17H2,1-3H3/t27-/m1/s1. The van der Waals surface area contributed by atoms with Crippen LogP contribution < -0.4 is 9.75 Å². The predicted octanol–water partition coefficient (Wildman–Crippen LogP) is 6.37. The molecule has 184 valence electrons. The van der Waals surface area contributed by atoms with Crippen molar-refractivity contribution in [2.24, 2.45) is 5.10 Å². The molecule has 0 bridgehead atoms. The van der Waals surface area contributed by atoms with Crippen LogP contribution in [0.15, 0.2) is 89.3 Å². The maximum absolute atomic E-state index is 5.38. The van der Waals surface area contributed by atoms with Gasteiger partial charge in [0.15, 0.2) is 0 Å². The second-order valence-electron chi connectivity index (χ2n) is 9.04. The molecule has 0 fully saturated rings. The van der Waals surface area contributed by atoms with E-state index in [1.165, 1.54) is 5.56 Å². The van der Waals surface area contributed by atoms with E-state index in [0.29, 0.717) is 6.42 Å². The molecule has 0 amide bonds. The van der Waals surface area contributed by atoms with Gasteiger partial charge in [-0.05, 0) is 43.7 Å². The lowest BCUT2D eigenvalue weighted by Gasteiger charge is -2.21. The molecule has 2 aromatic heterocycles. The van der Waals surface area contributed by atoms with Gasteiger partial charge in [-0.3, -0.25) is 0 Å². The Balaban J connectivity index is 1.38. The Bertz CT molecular complexity index is 1550. The molecule has 3 aromatic carbocycles. The Morgan fingerprint density at radius 1 is 0.919 bits per heavy atom. The highest BCUT2D eigenvalue weighted by molar-refractivity contribution is 7.14. The van der Waals surface area contributed by atoms with Crippen molar-refractivity contribution in [3.8, 4) is 22.7 Å². The largest absolute Gasteiger partial charge is 0.497 e. The lowest BCUT2D eigenvalue weighted by atomic mass is 10.00. The maximum atomic E-state index is 5.38. The predicted molar refractivity (Wildman–Crippen MR) is 148 cm³/mol. The molecule has 0 aliphatic carbocycles. The molecule has 8 heteroatoms. The van der Waals surface area contributed by atoms with Gasteiger partial charge in [0.25, 0.3) is 0 Å². The molecule has 0 N–H and O–H groups in total. The summed E-state index contributed by atoms with van der Waals surface area (Å²) in [5.41, 5.74) is 8.02. The Morgan fingerprint density at radius 3 is 2.41 bits per heavy atom. The third kappa shape index (κ3) is 4.40. The lowest BCUT2D eigenvalue weighted by Crippen LogP contribution is -2.18. The lowest BCUT2D eigenvalue weighted by molar-refractivity contribution is 0.414. The smallest absolute Gasteiger partial charge is 0.207 e. The van der Waals surface area contributed by atoms with Gasteiger partial charge in [0.1, 0.15) is 11.4 Å². The van der Waals surface area contributed by atoms with Gasteiger partial charge in [0.2, 0.25) is 5.13 Å². The molecule has 0 radical (unpaired) electrons. The fraction of sp³-hybridized carbons (Fsp3) is 0.172. The van der Waals surface area contributed by atoms with Gasteiger partial charge >= 0.3 is 0 Å². The van der Waals surface area contributed by atoms with E-state index in [-0.39, 0.29) is 6.04 Å². The molecule has 5 aromatic rings. The number of thiazole rings is 1. The summed E-state index contributed by atoms with van der Waals surface area (Å²) >= 11 is 1.59. The fourth-order valence-corrected chi connectivity index (χ4v) is 5.39. The molecule has 37 heavy (non-hydrogen) atoms. The SMILES string of the molecule is COc1ccc([C@H]2CC(c3nnn(-c4ccc(C)cc4)c3C)=NN2c2nc(-c3ccccc3)cs2)cc1. The van der Waals surface area contributed by atoms with Crippen LogP contribution in [0.5, 0.6) is 5.75 Å². The van der Waals surface area contributed by atoms with Gasteiger partial charge in [-0.15, -0.1) is 16.4 Å². The van der Waals surface area contributed by atoms with Gasteiger partial charge in [-0.2, -0.15) is 5.10 Å². The summed E-state index contributed by atoms with van der Waals surface area (Å²) in [6.45, 7) is 4.12. The summed E-state index contributed by atoms with van der Waals surface area (Å²) in [5.74, 6) is 0.826. The number of nitrogens with zero attached hydrogens (tertiary/aromatic N) is 6. The number of hydrazone groups is 1. The van der Waals surface area contributed by atoms with E-state index in [2.05, 4.69) is 71.1 Å². The number of aryl methyl sites for hydroxylation is 1. The van der Waals surface area contributed by atoms with Gasteiger partial charge in [-0.1, -0.05) is 65.4 Å². The second-order valence-corrected chi connectivity index (χ2v) is 9.87. The number of benzene rings is 3. The molecule has 0 spiro atoms. The van der Waals surface area contributed by atoms with Gasteiger partial charge < -0.3 is 4.74 Å². The van der Waals surface area contributed by atoms with E-state index in [1.54, 1.807) is 18.4 Å². The molecular weight excluding hydrogens is 480 g/mol.